The number of aromatic nitrogens is 1. The van der Waals surface area contributed by atoms with Crippen LogP contribution in [0.2, 0.25) is 0 Å². The number of carbonyl (C=O) groups excluding carboxylic acids is 1. The Kier molecular flexibility index (Phi) is 2.52. The van der Waals surface area contributed by atoms with Crippen LogP contribution in [0, 0.1) is 0 Å². The van der Waals surface area contributed by atoms with Crippen molar-refractivity contribution in [1.82, 2.24) is 4.40 Å². The second-order valence-electron chi connectivity index (χ2n) is 4.26. The molecule has 0 amide bonds. The molecule has 0 unspecified atom stereocenters. The van der Waals surface area contributed by atoms with Gasteiger partial charge in [0.15, 0.2) is 6.29 Å². The summed E-state index contributed by atoms with van der Waals surface area (Å²) in [5.74, 6) is 0. The van der Waals surface area contributed by atoms with Crippen molar-refractivity contribution in [3.8, 4) is 0 Å². The third-order valence-corrected chi connectivity index (χ3v) is 4.18. The van der Waals surface area contributed by atoms with Crippen LogP contribution in [0.3, 0.4) is 0 Å². The first-order valence-electron chi connectivity index (χ1n) is 5.47. The Bertz CT molecular complexity index is 653. The molecule has 2 aromatic rings. The first kappa shape index (κ1) is 11.8. The van der Waals surface area contributed by atoms with Crippen molar-refractivity contribution in [3.63, 3.8) is 0 Å². The molecule has 1 aliphatic heterocycles. The number of hydrogen-bond donors (Lipinski definition) is 0. The van der Waals surface area contributed by atoms with Gasteiger partial charge < -0.3 is 4.40 Å². The predicted octanol–water partition coefficient (Wildman–Crippen LogP) is 2.18. The first-order valence-corrected chi connectivity index (χ1v) is 6.28. The highest BCUT2D eigenvalue weighted by Gasteiger charge is 2.35. The van der Waals surface area contributed by atoms with E-state index in [9.17, 15) is 13.6 Å². The minimum absolute atomic E-state index is 0.239. The Labute approximate surface area is 108 Å². The highest BCUT2D eigenvalue weighted by molar-refractivity contribution is 8.00. The molecule has 0 saturated carbocycles. The third-order valence-electron chi connectivity index (χ3n) is 3.07. The SMILES string of the molecule is [B]c1ccc2n3c(c(C=O)cc13)SC(F)(F)CC2. The first-order chi connectivity index (χ1) is 8.52. The van der Waals surface area contributed by atoms with Gasteiger partial charge in [0.2, 0.25) is 0 Å². The molecule has 2 radical (unpaired) electrons. The number of rotatable bonds is 1. The third kappa shape index (κ3) is 1.67. The van der Waals surface area contributed by atoms with Crippen LogP contribution < -0.4 is 5.46 Å². The second kappa shape index (κ2) is 3.85. The van der Waals surface area contributed by atoms with Gasteiger partial charge in [0.1, 0.15) is 7.85 Å². The minimum atomic E-state index is -2.86. The highest BCUT2D eigenvalue weighted by Crippen LogP contribution is 2.43. The standard InChI is InChI=1S/C12H8BF2NOS/c13-9-2-1-8-3-4-12(14,15)18-11-7(6-17)5-10(9)16(8)11/h1-2,5-6H,3-4H2. The molecule has 0 N–H and O–H groups in total. The summed E-state index contributed by atoms with van der Waals surface area (Å²) < 4.78 is 29.0. The van der Waals surface area contributed by atoms with Gasteiger partial charge in [-0.25, -0.2) is 0 Å². The van der Waals surface area contributed by atoms with E-state index in [0.717, 1.165) is 5.69 Å². The number of carbonyl (C=O) groups is 1. The summed E-state index contributed by atoms with van der Waals surface area (Å²) in [4.78, 5) is 11.0. The van der Waals surface area contributed by atoms with Crippen molar-refractivity contribution in [3.05, 3.63) is 29.5 Å². The van der Waals surface area contributed by atoms with Crippen LogP contribution in [0.1, 0.15) is 22.5 Å². The lowest BCUT2D eigenvalue weighted by molar-refractivity contribution is 0.0966. The molecular weight excluding hydrogens is 255 g/mol. The zero-order valence-corrected chi connectivity index (χ0v) is 10.1. The van der Waals surface area contributed by atoms with Crippen LogP contribution in [0.25, 0.3) is 5.52 Å². The van der Waals surface area contributed by atoms with Crippen LogP contribution >= 0.6 is 11.8 Å². The Morgan fingerprint density at radius 1 is 1.44 bits per heavy atom. The van der Waals surface area contributed by atoms with E-state index in [-0.39, 0.29) is 23.4 Å². The predicted molar refractivity (Wildman–Crippen MR) is 67.3 cm³/mol. The molecule has 0 atom stereocenters. The summed E-state index contributed by atoms with van der Waals surface area (Å²) in [6, 6.07) is 5.00. The van der Waals surface area contributed by atoms with Gasteiger partial charge in [-0.05, 0) is 30.3 Å². The highest BCUT2D eigenvalue weighted by atomic mass is 32.2. The quantitative estimate of drug-likeness (QED) is 0.581. The van der Waals surface area contributed by atoms with E-state index in [4.69, 9.17) is 7.85 Å². The molecule has 0 aliphatic carbocycles. The Morgan fingerprint density at radius 3 is 2.94 bits per heavy atom. The average Bonchev–Trinajstić information content (AvgIpc) is 2.61. The molecular formula is C12H8BF2NOS. The van der Waals surface area contributed by atoms with Crippen LogP contribution in [0.4, 0.5) is 8.78 Å². The summed E-state index contributed by atoms with van der Waals surface area (Å²) in [7, 11) is 5.83. The molecule has 1 aliphatic rings. The zero-order valence-electron chi connectivity index (χ0n) is 9.32. The van der Waals surface area contributed by atoms with Gasteiger partial charge in [-0.15, -0.1) is 0 Å². The molecule has 2 aromatic heterocycles. The van der Waals surface area contributed by atoms with Gasteiger partial charge in [-0.2, -0.15) is 8.78 Å². The van der Waals surface area contributed by atoms with E-state index in [1.165, 1.54) is 0 Å². The van der Waals surface area contributed by atoms with Gasteiger partial charge in [-0.1, -0.05) is 11.5 Å². The van der Waals surface area contributed by atoms with Crippen LogP contribution in [0.5, 0.6) is 0 Å². The lowest BCUT2D eigenvalue weighted by atomic mass is 9.95. The van der Waals surface area contributed by atoms with E-state index in [2.05, 4.69) is 0 Å². The second-order valence-corrected chi connectivity index (χ2v) is 5.45. The molecule has 2 nitrogen and oxygen atoms in total. The summed E-state index contributed by atoms with van der Waals surface area (Å²) in [5, 5.41) is -2.58. The van der Waals surface area contributed by atoms with Gasteiger partial charge in [-0.3, -0.25) is 4.79 Å². The molecule has 0 saturated heterocycles. The van der Waals surface area contributed by atoms with Crippen LogP contribution in [-0.4, -0.2) is 23.8 Å². The normalized spacial score (nSPS) is 17.7. The summed E-state index contributed by atoms with van der Waals surface area (Å²) in [6.07, 6.45) is 0.618. The maximum absolute atomic E-state index is 13.7. The Morgan fingerprint density at radius 2 is 2.22 bits per heavy atom. The molecule has 0 fully saturated rings. The molecule has 0 bridgehead atoms. The average molecular weight is 263 g/mol. The number of alkyl halides is 2. The molecule has 0 spiro atoms. The summed E-state index contributed by atoms with van der Waals surface area (Å²) in [5.41, 5.74) is 2.13. The van der Waals surface area contributed by atoms with E-state index in [0.29, 0.717) is 29.0 Å². The maximum atomic E-state index is 13.7. The minimum Gasteiger partial charge on any atom is -0.308 e. The number of nitrogens with zero attached hydrogens (tertiary/aromatic N) is 1. The number of pyridine rings is 1. The van der Waals surface area contributed by atoms with Crippen molar-refractivity contribution >= 4 is 36.9 Å². The molecule has 3 heterocycles. The molecule has 6 heteroatoms. The summed E-state index contributed by atoms with van der Waals surface area (Å²) >= 11 is 0.437. The van der Waals surface area contributed by atoms with Crippen molar-refractivity contribution < 1.29 is 13.6 Å². The van der Waals surface area contributed by atoms with E-state index < -0.39 is 5.25 Å². The maximum Gasteiger partial charge on any atom is 0.299 e. The molecule has 3 rings (SSSR count). The molecule has 18 heavy (non-hydrogen) atoms. The monoisotopic (exact) mass is 263 g/mol. The van der Waals surface area contributed by atoms with E-state index >= 15 is 0 Å². The summed E-state index contributed by atoms with van der Waals surface area (Å²) in [6.45, 7) is 0. The fourth-order valence-corrected chi connectivity index (χ4v) is 3.22. The van der Waals surface area contributed by atoms with Gasteiger partial charge in [0, 0.05) is 23.2 Å². The largest absolute Gasteiger partial charge is 0.308 e. The van der Waals surface area contributed by atoms with E-state index in [1.807, 2.05) is 0 Å². The number of aryl methyl sites for hydroxylation is 1. The van der Waals surface area contributed by atoms with E-state index in [1.54, 1.807) is 22.6 Å². The van der Waals surface area contributed by atoms with Crippen molar-refractivity contribution in [2.45, 2.75) is 23.1 Å². The number of thioether (sulfide) groups is 1. The Hall–Kier alpha value is -1.30. The number of hydrogen-bond acceptors (Lipinski definition) is 2. The van der Waals surface area contributed by atoms with Crippen molar-refractivity contribution in [1.29, 1.82) is 0 Å². The zero-order chi connectivity index (χ0) is 12.9. The van der Waals surface area contributed by atoms with Crippen LogP contribution in [-0.2, 0) is 6.42 Å². The van der Waals surface area contributed by atoms with Crippen molar-refractivity contribution in [2.24, 2.45) is 0 Å². The molecule has 0 aromatic carbocycles. The van der Waals surface area contributed by atoms with Gasteiger partial charge in [0.05, 0.1) is 5.03 Å². The fraction of sp³-hybridized carbons (Fsp3) is 0.250. The van der Waals surface area contributed by atoms with Gasteiger partial charge >= 0.3 is 0 Å². The molecule has 90 valence electrons. The van der Waals surface area contributed by atoms with Gasteiger partial charge in [0.25, 0.3) is 5.25 Å². The van der Waals surface area contributed by atoms with Crippen LogP contribution in [0.15, 0.2) is 23.2 Å². The topological polar surface area (TPSA) is 21.5 Å². The number of halogens is 2. The smallest absolute Gasteiger partial charge is 0.299 e. The van der Waals surface area contributed by atoms with Crippen molar-refractivity contribution in [2.75, 3.05) is 0 Å². The lowest BCUT2D eigenvalue weighted by Crippen LogP contribution is -2.10. The lowest BCUT2D eigenvalue weighted by Gasteiger charge is -2.11. The fourth-order valence-electron chi connectivity index (χ4n) is 2.21. The Balaban J connectivity index is 2.38. The number of aldehydes is 1.